The highest BCUT2D eigenvalue weighted by Crippen LogP contribution is 2.30. The van der Waals surface area contributed by atoms with Crippen LogP contribution in [0.5, 0.6) is 0 Å². The molecule has 1 fully saturated rings. The summed E-state index contributed by atoms with van der Waals surface area (Å²) in [5.41, 5.74) is 1.71. The van der Waals surface area contributed by atoms with Gasteiger partial charge in [-0.1, -0.05) is 69.7 Å². The van der Waals surface area contributed by atoms with Crippen molar-refractivity contribution in [2.45, 2.75) is 77.2 Å². The Kier molecular flexibility index (Phi) is 11.6. The zero-order valence-corrected chi connectivity index (χ0v) is 22.2. The van der Waals surface area contributed by atoms with Crippen LogP contribution in [0.25, 0.3) is 0 Å². The van der Waals surface area contributed by atoms with Crippen LogP contribution in [0.3, 0.4) is 0 Å². The molecule has 8 heteroatoms. The van der Waals surface area contributed by atoms with Crippen molar-refractivity contribution in [3.05, 3.63) is 48.0 Å². The molecule has 1 aromatic rings. The molecule has 2 N–H and O–H groups in total. The lowest BCUT2D eigenvalue weighted by Gasteiger charge is -2.34. The molecule has 1 aromatic carbocycles. The molecule has 0 spiro atoms. The van der Waals surface area contributed by atoms with Gasteiger partial charge < -0.3 is 24.8 Å². The van der Waals surface area contributed by atoms with E-state index in [1.165, 1.54) is 7.11 Å². The quantitative estimate of drug-likeness (QED) is 0.378. The molecule has 0 saturated carbocycles. The van der Waals surface area contributed by atoms with Gasteiger partial charge in [-0.25, -0.2) is 4.79 Å². The number of benzene rings is 1. The number of aliphatic carboxylic acids is 1. The van der Waals surface area contributed by atoms with E-state index in [0.717, 1.165) is 24.0 Å². The molecule has 0 unspecified atom stereocenters. The van der Waals surface area contributed by atoms with Crippen molar-refractivity contribution in [3.8, 4) is 0 Å². The Morgan fingerprint density at radius 3 is 2.39 bits per heavy atom. The number of nitrogens with zero attached hydrogens (tertiary/aromatic N) is 1. The van der Waals surface area contributed by atoms with E-state index in [2.05, 4.69) is 25.7 Å². The molecular formula is C28H42N2O6. The largest absolute Gasteiger partial charge is 0.480 e. The van der Waals surface area contributed by atoms with Gasteiger partial charge in [0.15, 0.2) is 0 Å². The Bertz CT molecular complexity index is 889. The fourth-order valence-corrected chi connectivity index (χ4v) is 4.78. The van der Waals surface area contributed by atoms with Crippen LogP contribution in [-0.2, 0) is 30.3 Å². The van der Waals surface area contributed by atoms with E-state index in [9.17, 15) is 19.5 Å². The van der Waals surface area contributed by atoms with Crippen molar-refractivity contribution in [3.63, 3.8) is 0 Å². The van der Waals surface area contributed by atoms with Crippen molar-refractivity contribution in [2.24, 2.45) is 11.8 Å². The number of rotatable bonds is 14. The standard InChI is InChI=1S/C28H42N2O6/c1-7-18(2)13-22(35-5)16-25(31)30-17-19(3)14-24(30)26(36-6)20(4)27(32)29-23(28(33)34)15-21-11-9-8-10-12-21/h8-12,18,20,22-24,26H,3,7,13-17H2,1-2,4-6H3,(H,29,32)(H,33,34)/t18-,20+,22-,23-,24-,26+/m0/s1. The lowest BCUT2D eigenvalue weighted by atomic mass is 9.93. The number of hydrogen-bond acceptors (Lipinski definition) is 5. The SMILES string of the molecule is C=C1C[C@@H]([C@H](OC)[C@@H](C)C(=O)N[C@@H](Cc2ccccc2)C(=O)O)N(C(=O)C[C@H](C[C@@H](C)CC)OC)C1. The maximum absolute atomic E-state index is 13.3. The summed E-state index contributed by atoms with van der Waals surface area (Å²) >= 11 is 0. The third-order valence-corrected chi connectivity index (χ3v) is 7.17. The maximum Gasteiger partial charge on any atom is 0.326 e. The number of methoxy groups -OCH3 is 2. The molecule has 0 radical (unpaired) electrons. The molecule has 1 aliphatic heterocycles. The summed E-state index contributed by atoms with van der Waals surface area (Å²) in [6.45, 7) is 10.4. The number of ether oxygens (including phenoxy) is 2. The van der Waals surface area contributed by atoms with Gasteiger partial charge in [-0.05, 0) is 24.3 Å². The first kappa shape index (κ1) is 29.5. The van der Waals surface area contributed by atoms with Gasteiger partial charge >= 0.3 is 5.97 Å². The Balaban J connectivity index is 2.12. The number of carbonyl (C=O) groups is 3. The van der Waals surface area contributed by atoms with E-state index >= 15 is 0 Å². The molecule has 1 heterocycles. The van der Waals surface area contributed by atoms with Crippen LogP contribution in [0.2, 0.25) is 0 Å². The van der Waals surface area contributed by atoms with Gasteiger partial charge in [0.05, 0.1) is 30.6 Å². The summed E-state index contributed by atoms with van der Waals surface area (Å²) in [6, 6.07) is 7.72. The highest BCUT2D eigenvalue weighted by molar-refractivity contribution is 5.85. The lowest BCUT2D eigenvalue weighted by Crippen LogP contribution is -2.52. The van der Waals surface area contributed by atoms with Crippen LogP contribution in [0, 0.1) is 11.8 Å². The number of amides is 2. The summed E-state index contributed by atoms with van der Waals surface area (Å²) in [5, 5.41) is 12.4. The summed E-state index contributed by atoms with van der Waals surface area (Å²) in [6.07, 6.45) is 1.95. The van der Waals surface area contributed by atoms with Crippen LogP contribution < -0.4 is 5.32 Å². The van der Waals surface area contributed by atoms with Crippen LogP contribution >= 0.6 is 0 Å². The smallest absolute Gasteiger partial charge is 0.326 e. The minimum absolute atomic E-state index is 0.0593. The monoisotopic (exact) mass is 502 g/mol. The van der Waals surface area contributed by atoms with Crippen molar-refractivity contribution in [2.75, 3.05) is 20.8 Å². The third kappa shape index (κ3) is 8.17. The van der Waals surface area contributed by atoms with Crippen molar-refractivity contribution < 1.29 is 29.0 Å². The fraction of sp³-hybridized carbons (Fsp3) is 0.607. The Morgan fingerprint density at radius 1 is 1.17 bits per heavy atom. The molecule has 2 amide bonds. The van der Waals surface area contributed by atoms with E-state index < -0.39 is 29.9 Å². The van der Waals surface area contributed by atoms with Gasteiger partial charge in [-0.2, -0.15) is 0 Å². The van der Waals surface area contributed by atoms with Gasteiger partial charge in [0.1, 0.15) is 6.04 Å². The molecule has 1 saturated heterocycles. The number of nitrogens with one attached hydrogen (secondary N) is 1. The first-order valence-corrected chi connectivity index (χ1v) is 12.7. The third-order valence-electron chi connectivity index (χ3n) is 7.17. The van der Waals surface area contributed by atoms with Gasteiger partial charge in [0, 0.05) is 27.2 Å². The topological polar surface area (TPSA) is 105 Å². The molecule has 0 bridgehead atoms. The van der Waals surface area contributed by atoms with Crippen molar-refractivity contribution >= 4 is 17.8 Å². The normalized spacial score (nSPS) is 19.9. The van der Waals surface area contributed by atoms with Crippen molar-refractivity contribution in [1.29, 1.82) is 0 Å². The average molecular weight is 503 g/mol. The highest BCUT2D eigenvalue weighted by Gasteiger charge is 2.42. The number of hydrogen-bond donors (Lipinski definition) is 2. The second-order valence-electron chi connectivity index (χ2n) is 9.93. The predicted octanol–water partition coefficient (Wildman–Crippen LogP) is 3.45. The summed E-state index contributed by atoms with van der Waals surface area (Å²) in [5.74, 6) is -1.83. The zero-order valence-electron chi connectivity index (χ0n) is 22.2. The molecule has 0 aromatic heterocycles. The van der Waals surface area contributed by atoms with Crippen LogP contribution in [0.1, 0.15) is 52.0 Å². The number of carboxylic acids is 1. The van der Waals surface area contributed by atoms with Crippen molar-refractivity contribution in [1.82, 2.24) is 10.2 Å². The highest BCUT2D eigenvalue weighted by atomic mass is 16.5. The second-order valence-corrected chi connectivity index (χ2v) is 9.93. The lowest BCUT2D eigenvalue weighted by molar-refractivity contribution is -0.145. The van der Waals surface area contributed by atoms with Gasteiger partial charge in [0.25, 0.3) is 0 Å². The first-order valence-electron chi connectivity index (χ1n) is 12.7. The maximum atomic E-state index is 13.3. The van der Waals surface area contributed by atoms with E-state index in [1.54, 1.807) is 18.9 Å². The number of carboxylic acid groups (broad SMARTS) is 1. The molecular weight excluding hydrogens is 460 g/mol. The van der Waals surface area contributed by atoms with E-state index in [-0.39, 0.29) is 30.9 Å². The molecule has 6 atom stereocenters. The van der Waals surface area contributed by atoms with E-state index in [4.69, 9.17) is 9.47 Å². The van der Waals surface area contributed by atoms with E-state index in [0.29, 0.717) is 18.9 Å². The predicted molar refractivity (Wildman–Crippen MR) is 138 cm³/mol. The fourth-order valence-electron chi connectivity index (χ4n) is 4.78. The molecule has 36 heavy (non-hydrogen) atoms. The van der Waals surface area contributed by atoms with Gasteiger partial charge in [0.2, 0.25) is 11.8 Å². The van der Waals surface area contributed by atoms with Crippen LogP contribution in [-0.4, -0.2) is 72.8 Å². The number of carbonyl (C=O) groups excluding carboxylic acids is 2. The van der Waals surface area contributed by atoms with E-state index in [1.807, 2.05) is 30.3 Å². The molecule has 8 nitrogen and oxygen atoms in total. The molecule has 200 valence electrons. The molecule has 0 aliphatic carbocycles. The average Bonchev–Trinajstić information content (AvgIpc) is 3.25. The Labute approximate surface area is 215 Å². The molecule has 2 rings (SSSR count). The minimum Gasteiger partial charge on any atom is -0.480 e. The molecule has 1 aliphatic rings. The van der Waals surface area contributed by atoms with Gasteiger partial charge in [-0.3, -0.25) is 9.59 Å². The number of likely N-dealkylation sites (tertiary alicyclic amines) is 1. The summed E-state index contributed by atoms with van der Waals surface area (Å²) < 4.78 is 11.3. The van der Waals surface area contributed by atoms with Crippen LogP contribution in [0.4, 0.5) is 0 Å². The Morgan fingerprint density at radius 2 is 1.83 bits per heavy atom. The summed E-state index contributed by atoms with van der Waals surface area (Å²) in [4.78, 5) is 40.0. The first-order chi connectivity index (χ1) is 17.1. The Hall–Kier alpha value is -2.71. The second kappa shape index (κ2) is 14.1. The van der Waals surface area contributed by atoms with Gasteiger partial charge in [-0.15, -0.1) is 0 Å². The zero-order chi connectivity index (χ0) is 26.8. The van der Waals surface area contributed by atoms with Crippen LogP contribution in [0.15, 0.2) is 42.5 Å². The summed E-state index contributed by atoms with van der Waals surface area (Å²) in [7, 11) is 3.14. The minimum atomic E-state index is -1.11.